The van der Waals surface area contributed by atoms with Gasteiger partial charge in [-0.1, -0.05) is 0 Å². The highest BCUT2D eigenvalue weighted by Crippen LogP contribution is 2.28. The minimum Gasteiger partial charge on any atom is -0.464 e. The number of carbonyl (C=O) groups excluding carboxylic acids is 3. The minimum atomic E-state index is -4.85. The van der Waals surface area contributed by atoms with E-state index >= 15 is 0 Å². The number of allylic oxidation sites excluding steroid dienone is 1. The number of halogens is 12. The van der Waals surface area contributed by atoms with Crippen LogP contribution in [-0.2, 0) is 25.2 Å². The molecule has 3 heterocycles. The lowest BCUT2D eigenvalue weighted by molar-refractivity contribution is -0.199. The Labute approximate surface area is 242 Å². The Bertz CT molecular complexity index is 1430. The number of esters is 2. The van der Waals surface area contributed by atoms with Gasteiger partial charge in [0.05, 0.1) is 26.3 Å². The minimum absolute atomic E-state index is 0.0329. The number of hydrogen-bond donors (Lipinski definition) is 1. The van der Waals surface area contributed by atoms with E-state index < -0.39 is 60.3 Å². The van der Waals surface area contributed by atoms with Crippen LogP contribution >= 0.6 is 0 Å². The van der Waals surface area contributed by atoms with E-state index in [-0.39, 0.29) is 30.2 Å². The van der Waals surface area contributed by atoms with Gasteiger partial charge in [-0.3, -0.25) is 9.79 Å². The summed E-state index contributed by atoms with van der Waals surface area (Å²) in [6.07, 6.45) is -17.6. The van der Waals surface area contributed by atoms with Crippen LogP contribution < -0.4 is 5.73 Å². The fourth-order valence-electron chi connectivity index (χ4n) is 2.24. The highest BCUT2D eigenvalue weighted by Gasteiger charge is 2.40. The van der Waals surface area contributed by atoms with E-state index in [0.717, 1.165) is 29.8 Å². The maximum absolute atomic E-state index is 12.4. The largest absolute Gasteiger partial charge is 0.490 e. The molecule has 0 unspecified atom stereocenters. The van der Waals surface area contributed by atoms with E-state index in [1.807, 2.05) is 0 Å². The van der Waals surface area contributed by atoms with Gasteiger partial charge in [-0.15, -0.1) is 0 Å². The summed E-state index contributed by atoms with van der Waals surface area (Å²) in [6.45, 7) is 1.02. The predicted octanol–water partition coefficient (Wildman–Crippen LogP) is 4.52. The maximum atomic E-state index is 12.4. The number of nitrogens with zero attached hydrogens (tertiary/aromatic N) is 5. The van der Waals surface area contributed by atoms with Gasteiger partial charge in [-0.25, -0.2) is 19.1 Å². The maximum Gasteiger partial charge on any atom is 0.490 e. The summed E-state index contributed by atoms with van der Waals surface area (Å²) in [6, 6.07) is 3.09. The Morgan fingerprint density at radius 3 is 1.89 bits per heavy atom. The summed E-state index contributed by atoms with van der Waals surface area (Å²) >= 11 is 0. The number of nitrogens with two attached hydrogens (primary N) is 1. The number of alkyl halides is 12. The number of carbonyl (C=O) groups is 3. The zero-order valence-corrected chi connectivity index (χ0v) is 22.3. The second-order valence-corrected chi connectivity index (χ2v) is 7.53. The standard InChI is InChI=1S/C9H6F3N3O2.C5H5F3N2.C4H2F3NO.C4H5F3O2/c1-17-8(16)5-2-3-15-7(13-5)4-6(14-15)9(10,11)12;6-5(7,8)4-1-3(9)2-10-4;5-4(6,7)3(9)1-2-8;1-2-9-3(8)4(5,6)7/h2-4H,1H3;1H,2,9H2;1H2;2H2,1H3. The summed E-state index contributed by atoms with van der Waals surface area (Å²) in [5.74, 6) is -4.85. The van der Waals surface area contributed by atoms with Gasteiger partial charge >= 0.3 is 36.6 Å². The molecule has 0 radical (unpaired) electrons. The summed E-state index contributed by atoms with van der Waals surface area (Å²) in [4.78, 5) is 37.4. The van der Waals surface area contributed by atoms with Crippen molar-refractivity contribution in [3.8, 4) is 6.07 Å². The lowest BCUT2D eigenvalue weighted by Gasteiger charge is -2.02. The van der Waals surface area contributed by atoms with Gasteiger partial charge in [0.2, 0.25) is 5.78 Å². The van der Waals surface area contributed by atoms with Crippen LogP contribution in [0.4, 0.5) is 52.7 Å². The molecule has 0 amide bonds. The van der Waals surface area contributed by atoms with Gasteiger partial charge < -0.3 is 15.2 Å². The van der Waals surface area contributed by atoms with E-state index in [0.29, 0.717) is 0 Å². The molecule has 0 aromatic carbocycles. The van der Waals surface area contributed by atoms with Crippen molar-refractivity contribution in [2.75, 3.05) is 20.3 Å². The van der Waals surface area contributed by atoms with Crippen LogP contribution in [0.5, 0.6) is 0 Å². The van der Waals surface area contributed by atoms with E-state index in [9.17, 15) is 67.1 Å². The highest BCUT2D eigenvalue weighted by molar-refractivity contribution is 6.01. The molecule has 0 aliphatic carbocycles. The quantitative estimate of drug-likeness (QED) is 0.365. The molecule has 1 aliphatic heterocycles. The van der Waals surface area contributed by atoms with Gasteiger partial charge in [0.25, 0.3) is 0 Å². The Morgan fingerprint density at radius 1 is 1.00 bits per heavy atom. The number of hydrogen-bond acceptors (Lipinski definition) is 10. The number of Topliss-reactive ketones (excluding diaryl/α,β-unsaturated/α-hetero) is 1. The van der Waals surface area contributed by atoms with Gasteiger partial charge in [0, 0.05) is 18.0 Å². The summed E-state index contributed by atoms with van der Waals surface area (Å²) in [5.41, 5.74) is 3.14. The van der Waals surface area contributed by atoms with Crippen molar-refractivity contribution < 1.29 is 76.5 Å². The third-order valence-corrected chi connectivity index (χ3v) is 4.12. The number of fused-ring (bicyclic) bond motifs is 1. The lowest BCUT2D eigenvalue weighted by Crippen LogP contribution is -2.25. The molecule has 0 saturated carbocycles. The molecule has 250 valence electrons. The smallest absolute Gasteiger partial charge is 0.464 e. The van der Waals surface area contributed by atoms with Crippen LogP contribution in [0.1, 0.15) is 29.5 Å². The molecule has 11 nitrogen and oxygen atoms in total. The van der Waals surface area contributed by atoms with Crippen molar-refractivity contribution in [3.63, 3.8) is 0 Å². The fraction of sp³-hybridized carbons (Fsp3) is 0.409. The molecule has 0 saturated heterocycles. The third kappa shape index (κ3) is 14.4. The first-order valence-corrected chi connectivity index (χ1v) is 11.2. The average Bonchev–Trinajstić information content (AvgIpc) is 3.55. The molecular formula is C22H18F12N6O5. The zero-order valence-electron chi connectivity index (χ0n) is 22.3. The molecule has 45 heavy (non-hydrogen) atoms. The first-order chi connectivity index (χ1) is 20.4. The second-order valence-electron chi connectivity index (χ2n) is 7.53. The number of aliphatic imine (C=N–C) groups is 1. The van der Waals surface area contributed by atoms with Crippen molar-refractivity contribution >= 4 is 29.1 Å². The van der Waals surface area contributed by atoms with Crippen molar-refractivity contribution in [1.82, 2.24) is 14.6 Å². The number of methoxy groups -OCH3 is 1. The van der Waals surface area contributed by atoms with Crippen LogP contribution in [0, 0.1) is 11.3 Å². The molecule has 0 atom stereocenters. The van der Waals surface area contributed by atoms with E-state index in [4.69, 9.17) is 11.0 Å². The van der Waals surface area contributed by atoms with Crippen molar-refractivity contribution in [2.24, 2.45) is 10.7 Å². The topological polar surface area (TPSA) is 162 Å². The van der Waals surface area contributed by atoms with Crippen LogP contribution in [0.2, 0.25) is 0 Å². The molecule has 1 aliphatic rings. The van der Waals surface area contributed by atoms with E-state index in [1.165, 1.54) is 19.2 Å². The van der Waals surface area contributed by atoms with Gasteiger partial charge in [0.1, 0.15) is 12.1 Å². The molecule has 2 aromatic rings. The normalized spacial score (nSPS) is 12.9. The highest BCUT2D eigenvalue weighted by atomic mass is 19.4. The monoisotopic (exact) mass is 674 g/mol. The number of nitriles is 1. The Kier molecular flexibility index (Phi) is 14.5. The second kappa shape index (κ2) is 16.2. The number of rotatable bonds is 3. The molecule has 0 spiro atoms. The van der Waals surface area contributed by atoms with Crippen LogP contribution in [-0.4, -0.2) is 76.8 Å². The van der Waals surface area contributed by atoms with E-state index in [2.05, 4.69) is 24.5 Å². The van der Waals surface area contributed by atoms with Crippen molar-refractivity contribution in [1.29, 1.82) is 5.26 Å². The predicted molar refractivity (Wildman–Crippen MR) is 124 cm³/mol. The fourth-order valence-corrected chi connectivity index (χ4v) is 2.24. The van der Waals surface area contributed by atoms with Crippen molar-refractivity contribution in [3.05, 3.63) is 41.5 Å². The molecule has 23 heteroatoms. The molecule has 2 N–H and O–H groups in total. The molecule has 0 bridgehead atoms. The Balaban J connectivity index is 0.000000604. The lowest BCUT2D eigenvalue weighted by atomic mass is 10.3. The van der Waals surface area contributed by atoms with Gasteiger partial charge in [-0.05, 0) is 19.1 Å². The van der Waals surface area contributed by atoms with Crippen LogP contribution in [0.25, 0.3) is 5.65 Å². The number of ether oxygens (including phenoxy) is 2. The zero-order chi connectivity index (χ0) is 35.4. The summed E-state index contributed by atoms with van der Waals surface area (Å²) < 4.78 is 148. The number of ketones is 1. The Hall–Kier alpha value is -4.91. The molecule has 2 aromatic heterocycles. The van der Waals surface area contributed by atoms with Crippen LogP contribution in [0.15, 0.2) is 35.1 Å². The molecule has 3 rings (SSSR count). The SMILES string of the molecule is CCOC(=O)C(F)(F)F.COC(=O)c1ccn2nc(C(F)(F)F)cc2n1.N#CCC(=O)C(F)(F)F.NC1=CC(C(F)(F)F)=NC1. The first kappa shape index (κ1) is 40.1. The van der Waals surface area contributed by atoms with Crippen molar-refractivity contribution in [2.45, 2.75) is 38.0 Å². The Morgan fingerprint density at radius 2 is 1.58 bits per heavy atom. The van der Waals surface area contributed by atoms with E-state index in [1.54, 1.807) is 0 Å². The summed E-state index contributed by atoms with van der Waals surface area (Å²) in [7, 11) is 1.16. The van der Waals surface area contributed by atoms with Crippen LogP contribution in [0.3, 0.4) is 0 Å². The summed E-state index contributed by atoms with van der Waals surface area (Å²) in [5, 5.41) is 10.9. The van der Waals surface area contributed by atoms with Gasteiger partial charge in [0.15, 0.2) is 17.0 Å². The average molecular weight is 674 g/mol. The molecule has 0 fully saturated rings. The molecular weight excluding hydrogens is 656 g/mol. The third-order valence-electron chi connectivity index (χ3n) is 4.12. The van der Waals surface area contributed by atoms with Gasteiger partial charge in [-0.2, -0.15) is 63.0 Å². The first-order valence-electron chi connectivity index (χ1n) is 11.2. The number of aromatic nitrogens is 3.